The number of nitrogens with zero attached hydrogens (tertiary/aromatic N) is 1. The van der Waals surface area contributed by atoms with Gasteiger partial charge in [-0.2, -0.15) is 0 Å². The molecule has 1 amide bonds. The molecular formula is C20H27ClN2O4. The molecule has 7 heteroatoms. The summed E-state index contributed by atoms with van der Waals surface area (Å²) in [7, 11) is 0. The molecule has 0 spiro atoms. The summed E-state index contributed by atoms with van der Waals surface area (Å²) in [6, 6.07) is 5.35. The fourth-order valence-corrected chi connectivity index (χ4v) is 3.29. The van der Waals surface area contributed by atoms with Crippen LogP contribution >= 0.6 is 11.6 Å². The van der Waals surface area contributed by atoms with Gasteiger partial charge in [0.15, 0.2) is 0 Å². The minimum absolute atomic E-state index is 0.241. The number of alkyl carbamates (subject to hydrolysis) is 1. The molecule has 0 aliphatic heterocycles. The summed E-state index contributed by atoms with van der Waals surface area (Å²) in [5.74, 6) is -0.425. The van der Waals surface area contributed by atoms with Gasteiger partial charge in [0, 0.05) is 18.0 Å². The Bertz CT molecular complexity index is 852. The minimum Gasteiger partial charge on any atom is -0.461 e. The van der Waals surface area contributed by atoms with Crippen LogP contribution in [0.15, 0.2) is 18.2 Å². The highest BCUT2D eigenvalue weighted by atomic mass is 35.5. The normalized spacial score (nSPS) is 12.7. The number of aryl methyl sites for hydroxylation is 1. The molecule has 1 atom stereocenters. The van der Waals surface area contributed by atoms with E-state index in [-0.39, 0.29) is 19.2 Å². The highest BCUT2D eigenvalue weighted by Crippen LogP contribution is 2.31. The maximum atomic E-state index is 12.5. The largest absolute Gasteiger partial charge is 0.461 e. The third-order valence-corrected chi connectivity index (χ3v) is 4.18. The number of nitrogens with one attached hydrogen (secondary N) is 1. The summed E-state index contributed by atoms with van der Waals surface area (Å²) in [6.45, 7) is 11.6. The lowest BCUT2D eigenvalue weighted by Crippen LogP contribution is -2.35. The molecule has 0 bridgehead atoms. The summed E-state index contributed by atoms with van der Waals surface area (Å²) in [4.78, 5) is 24.4. The second-order valence-corrected chi connectivity index (χ2v) is 7.94. The first-order chi connectivity index (χ1) is 12.5. The van der Waals surface area contributed by atoms with Crippen molar-refractivity contribution in [2.24, 2.45) is 0 Å². The van der Waals surface area contributed by atoms with Crippen molar-refractivity contribution in [1.82, 2.24) is 9.88 Å². The number of hydrogen-bond donors (Lipinski definition) is 1. The Morgan fingerprint density at radius 3 is 2.52 bits per heavy atom. The molecule has 1 N–H and O–H groups in total. The Balaban J connectivity index is 2.38. The molecule has 148 valence electrons. The van der Waals surface area contributed by atoms with Gasteiger partial charge in [-0.1, -0.05) is 11.6 Å². The molecule has 0 unspecified atom stereocenters. The van der Waals surface area contributed by atoms with E-state index in [1.165, 1.54) is 0 Å². The topological polar surface area (TPSA) is 69.6 Å². The Kier molecular flexibility index (Phi) is 6.42. The summed E-state index contributed by atoms with van der Waals surface area (Å²) in [5, 5.41) is 4.14. The van der Waals surface area contributed by atoms with Crippen molar-refractivity contribution in [3.05, 3.63) is 34.5 Å². The van der Waals surface area contributed by atoms with E-state index >= 15 is 0 Å². The Morgan fingerprint density at radius 1 is 1.26 bits per heavy atom. The molecule has 0 saturated heterocycles. The monoisotopic (exact) mass is 394 g/mol. The smallest absolute Gasteiger partial charge is 0.407 e. The number of ether oxygens (including phenoxy) is 2. The van der Waals surface area contributed by atoms with Crippen molar-refractivity contribution in [2.75, 3.05) is 13.2 Å². The second kappa shape index (κ2) is 8.21. The zero-order valence-electron chi connectivity index (χ0n) is 16.7. The highest BCUT2D eigenvalue weighted by Gasteiger charge is 2.23. The fraction of sp³-hybridized carbons (Fsp3) is 0.500. The molecule has 0 radical (unpaired) electrons. The summed E-state index contributed by atoms with van der Waals surface area (Å²) >= 11 is 6.47. The first kappa shape index (κ1) is 21.1. The summed E-state index contributed by atoms with van der Waals surface area (Å²) in [6.07, 6.45) is -0.509. The van der Waals surface area contributed by atoms with Crippen LogP contribution in [0.3, 0.4) is 0 Å². The average Bonchev–Trinajstić information content (AvgIpc) is 2.91. The fourth-order valence-electron chi connectivity index (χ4n) is 2.92. The molecule has 2 aromatic rings. The van der Waals surface area contributed by atoms with Crippen molar-refractivity contribution in [3.63, 3.8) is 0 Å². The van der Waals surface area contributed by atoms with Crippen LogP contribution in [0.25, 0.3) is 10.9 Å². The van der Waals surface area contributed by atoms with Crippen molar-refractivity contribution in [1.29, 1.82) is 0 Å². The van der Waals surface area contributed by atoms with Crippen molar-refractivity contribution in [3.8, 4) is 0 Å². The van der Waals surface area contributed by atoms with Crippen LogP contribution < -0.4 is 5.32 Å². The average molecular weight is 395 g/mol. The van der Waals surface area contributed by atoms with E-state index in [4.69, 9.17) is 21.1 Å². The number of carbonyl (C=O) groups is 2. The standard InChI is InChI=1S/C20H27ClN2O4/c1-7-26-18(24)16-10-14-8-12(2)9-15(21)17(14)23(16)13(3)11-22-19(25)27-20(4,5)6/h8-10,13H,7,11H2,1-6H3,(H,22,25)/t13-/m1/s1. The zero-order chi connectivity index (χ0) is 20.4. The number of benzene rings is 1. The van der Waals surface area contributed by atoms with Gasteiger partial charge in [0.05, 0.1) is 17.1 Å². The lowest BCUT2D eigenvalue weighted by Gasteiger charge is -2.22. The Labute approximate surface area is 164 Å². The van der Waals surface area contributed by atoms with Crippen LogP contribution in [0.4, 0.5) is 4.79 Å². The van der Waals surface area contributed by atoms with E-state index in [1.807, 2.05) is 30.5 Å². The number of carbonyl (C=O) groups excluding carboxylic acids is 2. The van der Waals surface area contributed by atoms with Crippen LogP contribution in [0, 0.1) is 6.92 Å². The van der Waals surface area contributed by atoms with Gasteiger partial charge in [0.1, 0.15) is 11.3 Å². The van der Waals surface area contributed by atoms with Crippen LogP contribution in [0.1, 0.15) is 56.7 Å². The first-order valence-corrected chi connectivity index (χ1v) is 9.36. The number of hydrogen-bond acceptors (Lipinski definition) is 4. The Hall–Kier alpha value is -2.21. The second-order valence-electron chi connectivity index (χ2n) is 7.54. The van der Waals surface area contributed by atoms with Crippen LogP contribution in [0.2, 0.25) is 5.02 Å². The van der Waals surface area contributed by atoms with Gasteiger partial charge in [-0.25, -0.2) is 9.59 Å². The quantitative estimate of drug-likeness (QED) is 0.735. The number of esters is 1. The molecule has 1 heterocycles. The maximum absolute atomic E-state index is 12.5. The Morgan fingerprint density at radius 2 is 1.93 bits per heavy atom. The molecular weight excluding hydrogens is 368 g/mol. The summed E-state index contributed by atoms with van der Waals surface area (Å²) in [5.41, 5.74) is 1.56. The van der Waals surface area contributed by atoms with E-state index in [0.29, 0.717) is 10.7 Å². The molecule has 0 fully saturated rings. The first-order valence-electron chi connectivity index (χ1n) is 8.98. The minimum atomic E-state index is -0.579. The molecule has 6 nitrogen and oxygen atoms in total. The molecule has 0 saturated carbocycles. The number of aromatic nitrogens is 1. The number of amides is 1. The molecule has 0 aliphatic carbocycles. The molecule has 2 rings (SSSR count). The number of halogens is 1. The third-order valence-electron chi connectivity index (χ3n) is 3.90. The molecule has 0 aliphatic rings. The predicted octanol–water partition coefficient (Wildman–Crippen LogP) is 4.87. The van der Waals surface area contributed by atoms with Crippen molar-refractivity contribution >= 4 is 34.6 Å². The van der Waals surface area contributed by atoms with E-state index in [9.17, 15) is 9.59 Å². The predicted molar refractivity (Wildman–Crippen MR) is 107 cm³/mol. The van der Waals surface area contributed by atoms with Crippen molar-refractivity contribution in [2.45, 2.75) is 53.2 Å². The van der Waals surface area contributed by atoms with E-state index in [0.717, 1.165) is 16.5 Å². The van der Waals surface area contributed by atoms with Gasteiger partial charge in [-0.15, -0.1) is 0 Å². The van der Waals surface area contributed by atoms with Crippen molar-refractivity contribution < 1.29 is 19.1 Å². The van der Waals surface area contributed by atoms with Crippen LogP contribution in [0.5, 0.6) is 0 Å². The van der Waals surface area contributed by atoms with Gasteiger partial charge in [0.25, 0.3) is 0 Å². The van der Waals surface area contributed by atoms with Crippen LogP contribution in [-0.4, -0.2) is 35.4 Å². The maximum Gasteiger partial charge on any atom is 0.407 e. The molecule has 27 heavy (non-hydrogen) atoms. The van der Waals surface area contributed by atoms with Gasteiger partial charge in [-0.05, 0) is 65.3 Å². The zero-order valence-corrected chi connectivity index (χ0v) is 17.4. The number of fused-ring (bicyclic) bond motifs is 1. The third kappa shape index (κ3) is 5.16. The van der Waals surface area contributed by atoms with Gasteiger partial charge in [-0.3, -0.25) is 0 Å². The van der Waals surface area contributed by atoms with Crippen LogP contribution in [-0.2, 0) is 9.47 Å². The number of rotatable bonds is 5. The molecule has 1 aromatic heterocycles. The lowest BCUT2D eigenvalue weighted by atomic mass is 10.2. The van der Waals surface area contributed by atoms with Gasteiger partial charge < -0.3 is 19.4 Å². The van der Waals surface area contributed by atoms with E-state index in [2.05, 4.69) is 5.32 Å². The summed E-state index contributed by atoms with van der Waals surface area (Å²) < 4.78 is 12.3. The highest BCUT2D eigenvalue weighted by molar-refractivity contribution is 6.35. The lowest BCUT2D eigenvalue weighted by molar-refractivity contribution is 0.0512. The molecule has 1 aromatic carbocycles. The van der Waals surface area contributed by atoms with Gasteiger partial charge in [0.2, 0.25) is 0 Å². The van der Waals surface area contributed by atoms with E-state index in [1.54, 1.807) is 33.8 Å². The van der Waals surface area contributed by atoms with E-state index < -0.39 is 17.7 Å². The van der Waals surface area contributed by atoms with Gasteiger partial charge >= 0.3 is 12.1 Å². The SMILES string of the molecule is CCOC(=O)c1cc2cc(C)cc(Cl)c2n1[C@H](C)CNC(=O)OC(C)(C)C.